The summed E-state index contributed by atoms with van der Waals surface area (Å²) in [5.74, 6) is 0. The lowest BCUT2D eigenvalue weighted by atomic mass is 10.2. The van der Waals surface area contributed by atoms with Crippen LogP contribution in [-0.2, 0) is 11.3 Å². The molecule has 0 aliphatic carbocycles. The molecule has 0 fully saturated rings. The maximum Gasteiger partial charge on any atom is 0.0900 e. The molecule has 0 aliphatic rings. The third kappa shape index (κ3) is 5.63. The van der Waals surface area contributed by atoms with Gasteiger partial charge in [0.1, 0.15) is 0 Å². The van der Waals surface area contributed by atoms with Gasteiger partial charge in [-0.25, -0.2) is 0 Å². The molecule has 0 saturated heterocycles. The second-order valence-electron chi connectivity index (χ2n) is 4.84. The highest BCUT2D eigenvalue weighted by atomic mass is 16.5. The van der Waals surface area contributed by atoms with Crippen molar-refractivity contribution in [3.8, 4) is 0 Å². The second-order valence-corrected chi connectivity index (χ2v) is 4.84. The molecule has 0 heterocycles. The van der Waals surface area contributed by atoms with Crippen molar-refractivity contribution in [1.29, 1.82) is 0 Å². The molecular formula is C15H25NO2. The van der Waals surface area contributed by atoms with E-state index in [-0.39, 0.29) is 0 Å². The molecule has 1 aromatic carbocycles. The van der Waals surface area contributed by atoms with Crippen molar-refractivity contribution in [2.24, 2.45) is 0 Å². The molecule has 0 amide bonds. The Bertz CT molecular complexity index is 314. The normalized spacial score (nSPS) is 13.2. The molecule has 0 aliphatic heterocycles. The van der Waals surface area contributed by atoms with E-state index in [1.165, 1.54) is 0 Å². The van der Waals surface area contributed by atoms with E-state index in [1.54, 1.807) is 0 Å². The van der Waals surface area contributed by atoms with Crippen molar-refractivity contribution in [3.63, 3.8) is 0 Å². The van der Waals surface area contributed by atoms with Crippen LogP contribution >= 0.6 is 0 Å². The number of benzene rings is 1. The summed E-state index contributed by atoms with van der Waals surface area (Å²) in [5.41, 5.74) is 1.14. The number of likely N-dealkylation sites (N-methyl/N-ethyl adjacent to an activating group) is 1. The molecule has 1 rings (SSSR count). The lowest BCUT2D eigenvalue weighted by Gasteiger charge is -2.27. The fraction of sp³-hybridized carbons (Fsp3) is 0.600. The first kappa shape index (κ1) is 15.2. The molecule has 1 N–H and O–H groups in total. The van der Waals surface area contributed by atoms with Crippen LogP contribution in [0.15, 0.2) is 30.3 Å². The van der Waals surface area contributed by atoms with Gasteiger partial charge in [-0.2, -0.15) is 0 Å². The van der Waals surface area contributed by atoms with Gasteiger partial charge in [-0.15, -0.1) is 0 Å². The number of ether oxygens (including phenoxy) is 1. The third-order valence-electron chi connectivity index (χ3n) is 3.00. The molecule has 18 heavy (non-hydrogen) atoms. The van der Waals surface area contributed by atoms with Gasteiger partial charge in [0.2, 0.25) is 0 Å². The Balaban J connectivity index is 2.23. The van der Waals surface area contributed by atoms with Gasteiger partial charge in [0.05, 0.1) is 19.3 Å². The van der Waals surface area contributed by atoms with Gasteiger partial charge >= 0.3 is 0 Å². The standard InChI is InChI=1S/C15H25NO2/c1-4-16(13(2)3)10-15(17)12-18-11-14-8-6-5-7-9-14/h5-9,13,15,17H,4,10-12H2,1-3H3/t15-/m0/s1. The first-order chi connectivity index (χ1) is 8.63. The van der Waals surface area contributed by atoms with E-state index in [0.717, 1.165) is 12.1 Å². The van der Waals surface area contributed by atoms with Crippen LogP contribution in [0.3, 0.4) is 0 Å². The van der Waals surface area contributed by atoms with Crippen molar-refractivity contribution in [3.05, 3.63) is 35.9 Å². The van der Waals surface area contributed by atoms with Crippen molar-refractivity contribution < 1.29 is 9.84 Å². The molecule has 1 aromatic rings. The highest BCUT2D eigenvalue weighted by Crippen LogP contribution is 2.03. The van der Waals surface area contributed by atoms with E-state index in [0.29, 0.717) is 25.8 Å². The molecule has 0 spiro atoms. The van der Waals surface area contributed by atoms with Crippen LogP contribution in [0.2, 0.25) is 0 Å². The van der Waals surface area contributed by atoms with Crippen molar-refractivity contribution in [2.45, 2.75) is 39.5 Å². The summed E-state index contributed by atoms with van der Waals surface area (Å²) < 4.78 is 5.53. The summed E-state index contributed by atoms with van der Waals surface area (Å²) in [5, 5.41) is 9.91. The van der Waals surface area contributed by atoms with Crippen LogP contribution in [-0.4, -0.2) is 41.8 Å². The molecule has 0 unspecified atom stereocenters. The van der Waals surface area contributed by atoms with Crippen molar-refractivity contribution in [2.75, 3.05) is 19.7 Å². The number of aliphatic hydroxyl groups excluding tert-OH is 1. The first-order valence-corrected chi connectivity index (χ1v) is 6.67. The number of aliphatic hydroxyl groups is 1. The van der Waals surface area contributed by atoms with Crippen LogP contribution < -0.4 is 0 Å². The Morgan fingerprint density at radius 3 is 2.44 bits per heavy atom. The maximum absolute atomic E-state index is 9.91. The predicted molar refractivity (Wildman–Crippen MR) is 74.5 cm³/mol. The minimum absolute atomic E-state index is 0.387. The van der Waals surface area contributed by atoms with Gasteiger partial charge in [0.25, 0.3) is 0 Å². The number of nitrogens with zero attached hydrogens (tertiary/aromatic N) is 1. The summed E-state index contributed by atoms with van der Waals surface area (Å²) in [4.78, 5) is 2.23. The van der Waals surface area contributed by atoms with E-state index in [4.69, 9.17) is 4.74 Å². The van der Waals surface area contributed by atoms with E-state index in [9.17, 15) is 5.11 Å². The van der Waals surface area contributed by atoms with Gasteiger partial charge in [0, 0.05) is 12.6 Å². The second kappa shape index (κ2) is 8.25. The average molecular weight is 251 g/mol. The molecule has 3 heteroatoms. The van der Waals surface area contributed by atoms with E-state index >= 15 is 0 Å². The van der Waals surface area contributed by atoms with Gasteiger partial charge in [0.15, 0.2) is 0 Å². The van der Waals surface area contributed by atoms with Gasteiger partial charge in [-0.3, -0.25) is 4.90 Å². The van der Waals surface area contributed by atoms with E-state index < -0.39 is 6.10 Å². The Labute approximate surface area is 110 Å². The van der Waals surface area contributed by atoms with Gasteiger partial charge in [-0.1, -0.05) is 37.3 Å². The maximum atomic E-state index is 9.91. The highest BCUT2D eigenvalue weighted by Gasteiger charge is 2.12. The van der Waals surface area contributed by atoms with Crippen LogP contribution in [0.5, 0.6) is 0 Å². The van der Waals surface area contributed by atoms with Crippen LogP contribution in [0.4, 0.5) is 0 Å². The topological polar surface area (TPSA) is 32.7 Å². The SMILES string of the molecule is CCN(C[C@H](O)COCc1ccccc1)C(C)C. The van der Waals surface area contributed by atoms with E-state index in [2.05, 4.69) is 25.7 Å². The Morgan fingerprint density at radius 1 is 1.22 bits per heavy atom. The predicted octanol–water partition coefficient (Wildman–Crippen LogP) is 2.29. The molecule has 3 nitrogen and oxygen atoms in total. The third-order valence-corrected chi connectivity index (χ3v) is 3.00. The Kier molecular flexibility index (Phi) is 6.94. The largest absolute Gasteiger partial charge is 0.389 e. The fourth-order valence-electron chi connectivity index (χ4n) is 1.92. The number of hydrogen-bond donors (Lipinski definition) is 1. The average Bonchev–Trinajstić information content (AvgIpc) is 2.37. The molecule has 0 saturated carbocycles. The zero-order valence-electron chi connectivity index (χ0n) is 11.7. The summed E-state index contributed by atoms with van der Waals surface area (Å²) in [6.07, 6.45) is -0.420. The summed E-state index contributed by atoms with van der Waals surface area (Å²) in [6, 6.07) is 10.5. The lowest BCUT2D eigenvalue weighted by molar-refractivity contribution is 0.00586. The smallest absolute Gasteiger partial charge is 0.0900 e. The molecule has 1 atom stereocenters. The minimum atomic E-state index is -0.420. The lowest BCUT2D eigenvalue weighted by Crippen LogP contribution is -2.39. The Hall–Kier alpha value is -0.900. The quantitative estimate of drug-likeness (QED) is 0.769. The van der Waals surface area contributed by atoms with E-state index in [1.807, 2.05) is 30.3 Å². The fourth-order valence-corrected chi connectivity index (χ4v) is 1.92. The summed E-state index contributed by atoms with van der Waals surface area (Å²) in [6.45, 7) is 8.96. The van der Waals surface area contributed by atoms with Crippen LogP contribution in [0.25, 0.3) is 0 Å². The minimum Gasteiger partial charge on any atom is -0.389 e. The van der Waals surface area contributed by atoms with Crippen LogP contribution in [0.1, 0.15) is 26.3 Å². The zero-order chi connectivity index (χ0) is 13.4. The Morgan fingerprint density at radius 2 is 1.89 bits per heavy atom. The molecule has 0 aromatic heterocycles. The monoisotopic (exact) mass is 251 g/mol. The first-order valence-electron chi connectivity index (χ1n) is 6.67. The number of hydrogen-bond acceptors (Lipinski definition) is 3. The van der Waals surface area contributed by atoms with Gasteiger partial charge < -0.3 is 9.84 Å². The molecule has 0 radical (unpaired) electrons. The molecular weight excluding hydrogens is 226 g/mol. The van der Waals surface area contributed by atoms with Gasteiger partial charge in [-0.05, 0) is 26.0 Å². The zero-order valence-corrected chi connectivity index (χ0v) is 11.7. The number of rotatable bonds is 8. The highest BCUT2D eigenvalue weighted by molar-refractivity contribution is 5.13. The summed E-state index contributed by atoms with van der Waals surface area (Å²) >= 11 is 0. The van der Waals surface area contributed by atoms with Crippen LogP contribution in [0, 0.1) is 0 Å². The van der Waals surface area contributed by atoms with Crippen molar-refractivity contribution in [1.82, 2.24) is 4.90 Å². The molecule has 102 valence electrons. The summed E-state index contributed by atoms with van der Waals surface area (Å²) in [7, 11) is 0. The molecule has 0 bridgehead atoms. The van der Waals surface area contributed by atoms with Crippen molar-refractivity contribution >= 4 is 0 Å².